The Hall–Kier alpha value is -0.820. The van der Waals surface area contributed by atoms with Crippen LogP contribution in [0.4, 0.5) is 0 Å². The Balaban J connectivity index is 1.87. The summed E-state index contributed by atoms with van der Waals surface area (Å²) in [6, 6.07) is 7.22. The number of hydrogen-bond acceptors (Lipinski definition) is 1. The van der Waals surface area contributed by atoms with Crippen LogP contribution in [0, 0.1) is 5.41 Å². The fraction of sp³-hybridized carbons (Fsp3) is 0.684. The minimum absolute atomic E-state index is 0.394. The standard InChI is InChI=1S/C19H31N/c1-4-13-20-15-19(2,3)12-11-16-9-10-17-7-5-6-8-18(17)14-16/h9-10,14,20H,4-8,11-13,15H2,1-3H3. The monoisotopic (exact) mass is 273 g/mol. The van der Waals surface area contributed by atoms with Gasteiger partial charge in [-0.25, -0.2) is 0 Å². The lowest BCUT2D eigenvalue weighted by Gasteiger charge is -2.25. The zero-order valence-corrected chi connectivity index (χ0v) is 13.6. The van der Waals surface area contributed by atoms with Crippen molar-refractivity contribution in [2.75, 3.05) is 13.1 Å². The maximum Gasteiger partial charge on any atom is 0.000263 e. The van der Waals surface area contributed by atoms with Crippen molar-refractivity contribution < 1.29 is 0 Å². The van der Waals surface area contributed by atoms with Gasteiger partial charge in [0, 0.05) is 6.54 Å². The topological polar surface area (TPSA) is 12.0 Å². The Kier molecular flexibility index (Phi) is 5.65. The van der Waals surface area contributed by atoms with E-state index in [0.717, 1.165) is 13.1 Å². The maximum absolute atomic E-state index is 3.56. The molecule has 0 aliphatic heterocycles. The van der Waals surface area contributed by atoms with E-state index in [1.807, 2.05) is 0 Å². The molecule has 0 heterocycles. The first kappa shape index (κ1) is 15.6. The van der Waals surface area contributed by atoms with Crippen LogP contribution in [-0.2, 0) is 19.3 Å². The molecule has 1 nitrogen and oxygen atoms in total. The molecule has 0 unspecified atom stereocenters. The lowest BCUT2D eigenvalue weighted by Crippen LogP contribution is -2.30. The highest BCUT2D eigenvalue weighted by atomic mass is 14.9. The van der Waals surface area contributed by atoms with E-state index in [-0.39, 0.29) is 0 Å². The predicted octanol–water partition coefficient (Wildman–Crippen LogP) is 4.52. The van der Waals surface area contributed by atoms with Crippen LogP contribution in [0.2, 0.25) is 0 Å². The molecule has 1 N–H and O–H groups in total. The van der Waals surface area contributed by atoms with E-state index in [4.69, 9.17) is 0 Å². The van der Waals surface area contributed by atoms with Gasteiger partial charge in [-0.1, -0.05) is 39.0 Å². The SMILES string of the molecule is CCCNCC(C)(C)CCc1ccc2c(c1)CCCC2. The minimum Gasteiger partial charge on any atom is -0.316 e. The van der Waals surface area contributed by atoms with Crippen molar-refractivity contribution in [3.63, 3.8) is 0 Å². The number of aryl methyl sites for hydroxylation is 3. The van der Waals surface area contributed by atoms with E-state index >= 15 is 0 Å². The van der Waals surface area contributed by atoms with Crippen LogP contribution < -0.4 is 5.32 Å². The van der Waals surface area contributed by atoms with Gasteiger partial charge in [0.2, 0.25) is 0 Å². The zero-order valence-electron chi connectivity index (χ0n) is 13.6. The Labute approximate surface area is 125 Å². The molecular weight excluding hydrogens is 242 g/mol. The van der Waals surface area contributed by atoms with Crippen molar-refractivity contribution in [3.8, 4) is 0 Å². The second-order valence-corrected chi connectivity index (χ2v) is 7.15. The molecule has 0 saturated carbocycles. The highest BCUT2D eigenvalue weighted by Gasteiger charge is 2.17. The van der Waals surface area contributed by atoms with Gasteiger partial charge in [0.1, 0.15) is 0 Å². The van der Waals surface area contributed by atoms with Crippen LogP contribution in [0.1, 0.15) is 63.1 Å². The summed E-state index contributed by atoms with van der Waals surface area (Å²) < 4.78 is 0. The molecule has 1 aromatic rings. The number of rotatable bonds is 7. The summed E-state index contributed by atoms with van der Waals surface area (Å²) in [5.41, 5.74) is 5.15. The summed E-state index contributed by atoms with van der Waals surface area (Å²) in [4.78, 5) is 0. The summed E-state index contributed by atoms with van der Waals surface area (Å²) in [5.74, 6) is 0. The van der Waals surface area contributed by atoms with Gasteiger partial charge in [0.25, 0.3) is 0 Å². The van der Waals surface area contributed by atoms with Crippen LogP contribution in [-0.4, -0.2) is 13.1 Å². The highest BCUT2D eigenvalue weighted by Crippen LogP contribution is 2.26. The van der Waals surface area contributed by atoms with Gasteiger partial charge < -0.3 is 5.32 Å². The van der Waals surface area contributed by atoms with Gasteiger partial charge in [0.05, 0.1) is 0 Å². The Morgan fingerprint density at radius 1 is 1.10 bits per heavy atom. The Morgan fingerprint density at radius 3 is 2.60 bits per heavy atom. The van der Waals surface area contributed by atoms with Crippen molar-refractivity contribution in [1.82, 2.24) is 5.32 Å². The third kappa shape index (κ3) is 4.63. The summed E-state index contributed by atoms with van der Waals surface area (Å²) in [6.45, 7) is 9.27. The van der Waals surface area contributed by atoms with Gasteiger partial charge in [-0.15, -0.1) is 0 Å². The van der Waals surface area contributed by atoms with Crippen molar-refractivity contribution >= 4 is 0 Å². The van der Waals surface area contributed by atoms with Crippen molar-refractivity contribution in [2.45, 2.75) is 65.7 Å². The maximum atomic E-state index is 3.56. The molecule has 1 aromatic carbocycles. The number of fused-ring (bicyclic) bond motifs is 1. The molecule has 0 radical (unpaired) electrons. The molecular formula is C19H31N. The average molecular weight is 273 g/mol. The largest absolute Gasteiger partial charge is 0.316 e. The molecule has 0 atom stereocenters. The number of benzene rings is 1. The molecule has 2 rings (SSSR count). The first-order chi connectivity index (χ1) is 9.61. The van der Waals surface area contributed by atoms with E-state index in [1.165, 1.54) is 50.5 Å². The van der Waals surface area contributed by atoms with Gasteiger partial charge >= 0.3 is 0 Å². The van der Waals surface area contributed by atoms with Gasteiger partial charge in [-0.05, 0) is 73.6 Å². The second-order valence-electron chi connectivity index (χ2n) is 7.15. The molecule has 0 spiro atoms. The van der Waals surface area contributed by atoms with Crippen LogP contribution in [0.25, 0.3) is 0 Å². The molecule has 1 heteroatoms. The van der Waals surface area contributed by atoms with Crippen LogP contribution in [0.15, 0.2) is 18.2 Å². The van der Waals surface area contributed by atoms with Crippen molar-refractivity contribution in [2.24, 2.45) is 5.41 Å². The lowest BCUT2D eigenvalue weighted by molar-refractivity contribution is 0.315. The molecule has 0 fully saturated rings. The molecule has 112 valence electrons. The molecule has 1 aliphatic rings. The van der Waals surface area contributed by atoms with E-state index in [9.17, 15) is 0 Å². The van der Waals surface area contributed by atoms with E-state index in [2.05, 4.69) is 44.3 Å². The Morgan fingerprint density at radius 2 is 1.85 bits per heavy atom. The normalized spacial score (nSPS) is 15.2. The van der Waals surface area contributed by atoms with Gasteiger partial charge in [0.15, 0.2) is 0 Å². The van der Waals surface area contributed by atoms with E-state index in [1.54, 1.807) is 11.1 Å². The smallest absolute Gasteiger partial charge is 0.000263 e. The summed E-state index contributed by atoms with van der Waals surface area (Å²) in [6.07, 6.45) is 9.05. The fourth-order valence-corrected chi connectivity index (χ4v) is 3.12. The zero-order chi connectivity index (χ0) is 14.4. The molecule has 0 saturated heterocycles. The van der Waals surface area contributed by atoms with Crippen LogP contribution >= 0.6 is 0 Å². The average Bonchev–Trinajstić information content (AvgIpc) is 2.45. The first-order valence-corrected chi connectivity index (χ1v) is 8.42. The molecule has 0 amide bonds. The van der Waals surface area contributed by atoms with Gasteiger partial charge in [-0.3, -0.25) is 0 Å². The van der Waals surface area contributed by atoms with Crippen LogP contribution in [0.3, 0.4) is 0 Å². The number of hydrogen-bond donors (Lipinski definition) is 1. The lowest BCUT2D eigenvalue weighted by atomic mass is 9.84. The predicted molar refractivity (Wildman–Crippen MR) is 88.3 cm³/mol. The number of nitrogens with one attached hydrogen (secondary N) is 1. The van der Waals surface area contributed by atoms with Crippen molar-refractivity contribution in [1.29, 1.82) is 0 Å². The second kappa shape index (κ2) is 7.26. The summed E-state index contributed by atoms with van der Waals surface area (Å²) in [5, 5.41) is 3.56. The third-order valence-corrected chi connectivity index (χ3v) is 4.53. The molecule has 0 bridgehead atoms. The highest BCUT2D eigenvalue weighted by molar-refractivity contribution is 5.33. The summed E-state index contributed by atoms with van der Waals surface area (Å²) >= 11 is 0. The quantitative estimate of drug-likeness (QED) is 0.720. The molecule has 20 heavy (non-hydrogen) atoms. The minimum atomic E-state index is 0.394. The Bertz CT molecular complexity index is 420. The first-order valence-electron chi connectivity index (χ1n) is 8.42. The third-order valence-electron chi connectivity index (χ3n) is 4.53. The van der Waals surface area contributed by atoms with Crippen molar-refractivity contribution in [3.05, 3.63) is 34.9 Å². The fourth-order valence-electron chi connectivity index (χ4n) is 3.12. The van der Waals surface area contributed by atoms with Gasteiger partial charge in [-0.2, -0.15) is 0 Å². The summed E-state index contributed by atoms with van der Waals surface area (Å²) in [7, 11) is 0. The van der Waals surface area contributed by atoms with E-state index in [0.29, 0.717) is 5.41 Å². The molecule has 0 aromatic heterocycles. The molecule has 1 aliphatic carbocycles. The van der Waals surface area contributed by atoms with Crippen LogP contribution in [0.5, 0.6) is 0 Å². The van der Waals surface area contributed by atoms with E-state index < -0.39 is 0 Å².